The number of aliphatic hydroxyl groups is 1. The fraction of sp³-hybridized carbons (Fsp3) is 0.400. The highest BCUT2D eigenvalue weighted by atomic mass is 16.5. The molecule has 2 aliphatic rings. The van der Waals surface area contributed by atoms with Gasteiger partial charge >= 0.3 is 0 Å². The molecule has 3 aromatic rings. The lowest BCUT2D eigenvalue weighted by Gasteiger charge is -2.36. The SMILES string of the molecule is CNC(=O)[C@@H]1CC(O)C(n2cnc3c(N)nc(C#CCN(C(=O)c4ccccc4)C4CCC4)nc32)O1. The van der Waals surface area contributed by atoms with Crippen LogP contribution >= 0.6 is 0 Å². The minimum atomic E-state index is -0.935. The molecule has 2 aromatic heterocycles. The molecule has 3 heterocycles. The molecule has 2 fully saturated rings. The number of likely N-dealkylation sites (N-methyl/N-ethyl adjacent to an activating group) is 1. The Bertz CT molecular complexity index is 1340. The lowest BCUT2D eigenvalue weighted by atomic mass is 9.91. The van der Waals surface area contributed by atoms with Crippen LogP contribution in [0.3, 0.4) is 0 Å². The second-order valence-electron chi connectivity index (χ2n) is 8.87. The van der Waals surface area contributed by atoms with Crippen LogP contribution in [0, 0.1) is 11.8 Å². The van der Waals surface area contributed by atoms with Crippen molar-refractivity contribution in [3.8, 4) is 11.8 Å². The zero-order valence-corrected chi connectivity index (χ0v) is 19.8. The minimum absolute atomic E-state index is 0.0541. The maximum Gasteiger partial charge on any atom is 0.254 e. The molecule has 0 radical (unpaired) electrons. The summed E-state index contributed by atoms with van der Waals surface area (Å²) in [6.07, 6.45) is 2.01. The molecular weight excluding hydrogens is 462 g/mol. The molecule has 0 bridgehead atoms. The van der Waals surface area contributed by atoms with Crippen molar-refractivity contribution >= 4 is 28.8 Å². The van der Waals surface area contributed by atoms with E-state index in [0.29, 0.717) is 16.7 Å². The lowest BCUT2D eigenvalue weighted by molar-refractivity contribution is -0.134. The topological polar surface area (TPSA) is 148 Å². The number of hydrogen-bond donors (Lipinski definition) is 3. The highest BCUT2D eigenvalue weighted by Gasteiger charge is 2.39. The van der Waals surface area contributed by atoms with Crippen LogP contribution in [-0.4, -0.2) is 73.2 Å². The van der Waals surface area contributed by atoms with E-state index < -0.39 is 18.4 Å². The molecule has 1 aromatic carbocycles. The van der Waals surface area contributed by atoms with Gasteiger partial charge in [-0.2, -0.15) is 0 Å². The van der Waals surface area contributed by atoms with Gasteiger partial charge in [0, 0.05) is 25.1 Å². The average Bonchev–Trinajstić information content (AvgIpc) is 3.45. The number of imidazole rings is 1. The standard InChI is InChI=1S/C25H27N7O4/c1-27-23(34)18-13-17(33)25(36-18)32-14-28-20-21(26)29-19(30-22(20)32)11-6-12-31(16-9-5-10-16)24(35)15-7-3-2-4-8-15/h2-4,7-8,14,16-18,25,33H,5,9-10,12-13H2,1H3,(H,27,34)(H2,26,29,30)/t17?,18-,25?/m0/s1. The van der Waals surface area contributed by atoms with E-state index in [-0.39, 0.29) is 42.5 Å². The Hall–Kier alpha value is -4.01. The summed E-state index contributed by atoms with van der Waals surface area (Å²) in [5, 5.41) is 13.0. The normalized spacial score (nSPS) is 21.4. The van der Waals surface area contributed by atoms with E-state index >= 15 is 0 Å². The Balaban J connectivity index is 1.39. The maximum atomic E-state index is 13.1. The number of amides is 2. The number of carbonyl (C=O) groups excluding carboxylic acids is 2. The zero-order chi connectivity index (χ0) is 25.2. The van der Waals surface area contributed by atoms with Gasteiger partial charge in [0.05, 0.1) is 12.9 Å². The van der Waals surface area contributed by atoms with Gasteiger partial charge in [-0.15, -0.1) is 0 Å². The predicted molar refractivity (Wildman–Crippen MR) is 130 cm³/mol. The van der Waals surface area contributed by atoms with E-state index in [9.17, 15) is 14.7 Å². The summed E-state index contributed by atoms with van der Waals surface area (Å²) in [6.45, 7) is 0.233. The molecule has 1 saturated carbocycles. The number of carbonyl (C=O) groups is 2. The summed E-state index contributed by atoms with van der Waals surface area (Å²) in [6, 6.07) is 9.32. The minimum Gasteiger partial charge on any atom is -0.388 e. The van der Waals surface area contributed by atoms with Crippen molar-refractivity contribution in [1.82, 2.24) is 29.7 Å². The van der Waals surface area contributed by atoms with E-state index in [1.54, 1.807) is 17.0 Å². The van der Waals surface area contributed by atoms with Crippen LogP contribution in [0.15, 0.2) is 36.7 Å². The highest BCUT2D eigenvalue weighted by Crippen LogP contribution is 2.32. The van der Waals surface area contributed by atoms with Crippen molar-refractivity contribution in [2.24, 2.45) is 0 Å². The van der Waals surface area contributed by atoms with Crippen molar-refractivity contribution in [2.45, 2.75) is 50.2 Å². The smallest absolute Gasteiger partial charge is 0.254 e. The van der Waals surface area contributed by atoms with Crippen LogP contribution in [-0.2, 0) is 9.53 Å². The van der Waals surface area contributed by atoms with Crippen LogP contribution in [0.4, 0.5) is 5.82 Å². The third-order valence-corrected chi connectivity index (χ3v) is 6.60. The number of aliphatic hydroxyl groups excluding tert-OH is 1. The van der Waals surface area contributed by atoms with Gasteiger partial charge in [0.1, 0.15) is 17.7 Å². The number of aromatic nitrogens is 4. The van der Waals surface area contributed by atoms with Gasteiger partial charge in [-0.3, -0.25) is 14.2 Å². The number of hydrogen-bond acceptors (Lipinski definition) is 8. The van der Waals surface area contributed by atoms with Crippen LogP contribution in [0.2, 0.25) is 0 Å². The van der Waals surface area contributed by atoms with Gasteiger partial charge in [0.15, 0.2) is 17.7 Å². The number of ether oxygens (including phenoxy) is 1. The first-order valence-corrected chi connectivity index (χ1v) is 11.9. The molecule has 1 aliphatic heterocycles. The van der Waals surface area contributed by atoms with Crippen molar-refractivity contribution < 1.29 is 19.4 Å². The molecule has 11 heteroatoms. The monoisotopic (exact) mass is 489 g/mol. The average molecular weight is 490 g/mol. The van der Waals surface area contributed by atoms with E-state index in [1.165, 1.54) is 17.9 Å². The zero-order valence-electron chi connectivity index (χ0n) is 19.8. The van der Waals surface area contributed by atoms with Crippen LogP contribution in [0.1, 0.15) is 48.1 Å². The molecular formula is C25H27N7O4. The Kier molecular flexibility index (Phi) is 6.54. The molecule has 186 valence electrons. The second kappa shape index (κ2) is 9.93. The summed E-state index contributed by atoms with van der Waals surface area (Å²) in [4.78, 5) is 39.8. The molecule has 3 atom stereocenters. The number of nitrogen functional groups attached to an aromatic ring is 1. The van der Waals surface area contributed by atoms with E-state index in [0.717, 1.165) is 19.3 Å². The quantitative estimate of drug-likeness (QED) is 0.447. The number of anilines is 1. The fourth-order valence-electron chi connectivity index (χ4n) is 4.43. The lowest BCUT2D eigenvalue weighted by Crippen LogP contribution is -2.44. The van der Waals surface area contributed by atoms with Gasteiger partial charge in [0.2, 0.25) is 11.7 Å². The number of benzene rings is 1. The van der Waals surface area contributed by atoms with Gasteiger partial charge in [-0.25, -0.2) is 15.0 Å². The first kappa shape index (κ1) is 23.7. The fourth-order valence-corrected chi connectivity index (χ4v) is 4.43. The van der Waals surface area contributed by atoms with E-state index in [1.807, 2.05) is 18.2 Å². The molecule has 4 N–H and O–H groups in total. The Morgan fingerprint density at radius 3 is 2.75 bits per heavy atom. The summed E-state index contributed by atoms with van der Waals surface area (Å²) < 4.78 is 7.30. The number of nitrogens with zero attached hydrogens (tertiary/aromatic N) is 5. The van der Waals surface area contributed by atoms with Gasteiger partial charge in [-0.1, -0.05) is 24.1 Å². The third kappa shape index (κ3) is 4.48. The molecule has 36 heavy (non-hydrogen) atoms. The molecule has 5 rings (SSSR count). The van der Waals surface area contributed by atoms with Crippen molar-refractivity contribution in [3.05, 3.63) is 48.0 Å². The second-order valence-corrected chi connectivity index (χ2v) is 8.87. The molecule has 2 unspecified atom stereocenters. The maximum absolute atomic E-state index is 13.1. The number of nitrogens with one attached hydrogen (secondary N) is 1. The highest BCUT2D eigenvalue weighted by molar-refractivity contribution is 5.94. The molecule has 1 aliphatic carbocycles. The summed E-state index contributed by atoms with van der Waals surface area (Å²) >= 11 is 0. The molecule has 2 amide bonds. The molecule has 11 nitrogen and oxygen atoms in total. The summed E-state index contributed by atoms with van der Waals surface area (Å²) in [7, 11) is 1.51. The first-order chi connectivity index (χ1) is 17.5. The Morgan fingerprint density at radius 1 is 1.28 bits per heavy atom. The van der Waals surface area contributed by atoms with Crippen molar-refractivity contribution in [3.63, 3.8) is 0 Å². The molecule has 1 saturated heterocycles. The first-order valence-electron chi connectivity index (χ1n) is 11.9. The van der Waals surface area contributed by atoms with Crippen molar-refractivity contribution in [1.29, 1.82) is 0 Å². The van der Waals surface area contributed by atoms with Gasteiger partial charge in [0.25, 0.3) is 5.91 Å². The molecule has 0 spiro atoms. The van der Waals surface area contributed by atoms with E-state index in [4.69, 9.17) is 10.5 Å². The van der Waals surface area contributed by atoms with Gasteiger partial charge in [-0.05, 0) is 37.3 Å². The van der Waals surface area contributed by atoms with Crippen molar-refractivity contribution in [2.75, 3.05) is 19.3 Å². The van der Waals surface area contributed by atoms with Crippen LogP contribution in [0.5, 0.6) is 0 Å². The van der Waals surface area contributed by atoms with E-state index in [2.05, 4.69) is 32.1 Å². The van der Waals surface area contributed by atoms with Gasteiger partial charge < -0.3 is 25.8 Å². The van der Waals surface area contributed by atoms with Crippen LogP contribution in [0.25, 0.3) is 11.2 Å². The Labute approximate surface area is 207 Å². The Morgan fingerprint density at radius 2 is 2.06 bits per heavy atom. The number of rotatable bonds is 5. The number of nitrogens with two attached hydrogens (primary N) is 1. The summed E-state index contributed by atoms with van der Waals surface area (Å²) in [5.41, 5.74) is 7.42. The summed E-state index contributed by atoms with van der Waals surface area (Å²) in [5.74, 6) is 5.87. The largest absolute Gasteiger partial charge is 0.388 e. The third-order valence-electron chi connectivity index (χ3n) is 6.60. The predicted octanol–water partition coefficient (Wildman–Crippen LogP) is 0.849. The number of fused-ring (bicyclic) bond motifs is 1. The van der Waals surface area contributed by atoms with Crippen LogP contribution < -0.4 is 11.1 Å².